The molecule has 0 bridgehead atoms. The first-order chi connectivity index (χ1) is 7.67. The van der Waals surface area contributed by atoms with E-state index in [1.54, 1.807) is 6.92 Å². The highest BCUT2D eigenvalue weighted by molar-refractivity contribution is 4.79. The molecule has 1 aliphatic rings. The van der Waals surface area contributed by atoms with Crippen LogP contribution in [0.25, 0.3) is 0 Å². The van der Waals surface area contributed by atoms with Crippen LogP contribution in [-0.2, 0) is 0 Å². The fourth-order valence-corrected chi connectivity index (χ4v) is 2.67. The van der Waals surface area contributed by atoms with Gasteiger partial charge in [-0.25, -0.2) is 0 Å². The van der Waals surface area contributed by atoms with Gasteiger partial charge in [0.25, 0.3) is 0 Å². The van der Waals surface area contributed by atoms with Gasteiger partial charge in [-0.1, -0.05) is 39.5 Å². The standard InChI is InChI=1S/C12H25N.C2H6O/c1-10(2)11-8-6-4-5-7-9-12(11)13-3;1-2-3/h10-13H,4-9H2,1-3H3;3H,2H2,1H3. The minimum atomic E-state index is 0.250. The number of nitrogens with one attached hydrogen (secondary N) is 1. The van der Waals surface area contributed by atoms with Gasteiger partial charge in [0, 0.05) is 12.6 Å². The minimum Gasteiger partial charge on any atom is -0.397 e. The lowest BCUT2D eigenvalue weighted by Crippen LogP contribution is -2.37. The lowest BCUT2D eigenvalue weighted by Gasteiger charge is -2.32. The zero-order valence-electron chi connectivity index (χ0n) is 11.6. The maximum Gasteiger partial charge on any atom is 0.0402 e. The summed E-state index contributed by atoms with van der Waals surface area (Å²) in [6, 6.07) is 0.778. The Morgan fingerprint density at radius 3 is 2.06 bits per heavy atom. The van der Waals surface area contributed by atoms with Gasteiger partial charge in [0.15, 0.2) is 0 Å². The summed E-state index contributed by atoms with van der Waals surface area (Å²) in [6.07, 6.45) is 8.60. The van der Waals surface area contributed by atoms with Crippen molar-refractivity contribution in [3.63, 3.8) is 0 Å². The van der Waals surface area contributed by atoms with E-state index in [0.29, 0.717) is 0 Å². The Labute approximate surface area is 102 Å². The van der Waals surface area contributed by atoms with Crippen molar-refractivity contribution in [2.24, 2.45) is 11.8 Å². The Morgan fingerprint density at radius 2 is 1.62 bits per heavy atom. The maximum absolute atomic E-state index is 7.57. The van der Waals surface area contributed by atoms with E-state index in [2.05, 4.69) is 26.2 Å². The van der Waals surface area contributed by atoms with Crippen LogP contribution in [0.15, 0.2) is 0 Å². The second-order valence-electron chi connectivity index (χ2n) is 5.11. The highest BCUT2D eigenvalue weighted by atomic mass is 16.2. The van der Waals surface area contributed by atoms with E-state index in [0.717, 1.165) is 17.9 Å². The van der Waals surface area contributed by atoms with E-state index in [1.807, 2.05) is 0 Å². The third kappa shape index (κ3) is 6.49. The van der Waals surface area contributed by atoms with Crippen LogP contribution >= 0.6 is 0 Å². The minimum absolute atomic E-state index is 0.250. The van der Waals surface area contributed by atoms with Crippen LogP contribution in [0.1, 0.15) is 59.3 Å². The van der Waals surface area contributed by atoms with Gasteiger partial charge in [-0.2, -0.15) is 0 Å². The molecule has 0 aromatic carbocycles. The monoisotopic (exact) mass is 229 g/mol. The third-order valence-corrected chi connectivity index (χ3v) is 3.55. The summed E-state index contributed by atoms with van der Waals surface area (Å²) in [6.45, 7) is 6.67. The summed E-state index contributed by atoms with van der Waals surface area (Å²) >= 11 is 0. The number of hydrogen-bond acceptors (Lipinski definition) is 2. The van der Waals surface area contributed by atoms with E-state index >= 15 is 0 Å². The highest BCUT2D eigenvalue weighted by Gasteiger charge is 2.23. The Kier molecular flexibility index (Phi) is 10.0. The van der Waals surface area contributed by atoms with Crippen LogP contribution < -0.4 is 5.32 Å². The first-order valence-electron chi connectivity index (χ1n) is 6.95. The van der Waals surface area contributed by atoms with Crippen LogP contribution in [-0.4, -0.2) is 24.8 Å². The van der Waals surface area contributed by atoms with E-state index in [4.69, 9.17) is 5.11 Å². The number of rotatable bonds is 2. The third-order valence-electron chi connectivity index (χ3n) is 3.55. The molecule has 0 heterocycles. The zero-order valence-corrected chi connectivity index (χ0v) is 11.6. The molecule has 0 aromatic rings. The van der Waals surface area contributed by atoms with Crippen LogP contribution in [0, 0.1) is 11.8 Å². The molecule has 0 aromatic heterocycles. The zero-order chi connectivity index (χ0) is 12.4. The maximum atomic E-state index is 7.57. The second kappa shape index (κ2) is 10.1. The van der Waals surface area contributed by atoms with Crippen molar-refractivity contribution in [2.45, 2.75) is 65.3 Å². The number of hydrogen-bond donors (Lipinski definition) is 2. The average molecular weight is 229 g/mol. The number of aliphatic hydroxyl groups is 1. The molecular formula is C14H31NO. The summed E-state index contributed by atoms with van der Waals surface area (Å²) in [7, 11) is 2.13. The van der Waals surface area contributed by atoms with E-state index in [-0.39, 0.29) is 6.61 Å². The van der Waals surface area contributed by atoms with Gasteiger partial charge in [0.05, 0.1) is 0 Å². The molecule has 2 nitrogen and oxygen atoms in total. The largest absolute Gasteiger partial charge is 0.397 e. The molecule has 2 atom stereocenters. The lowest BCUT2D eigenvalue weighted by molar-refractivity contribution is 0.234. The van der Waals surface area contributed by atoms with E-state index in [9.17, 15) is 0 Å². The summed E-state index contributed by atoms with van der Waals surface area (Å²) in [5, 5.41) is 11.1. The van der Waals surface area contributed by atoms with Crippen molar-refractivity contribution in [2.75, 3.05) is 13.7 Å². The quantitative estimate of drug-likeness (QED) is 0.762. The smallest absolute Gasteiger partial charge is 0.0402 e. The number of aliphatic hydroxyl groups excluding tert-OH is 1. The Bertz CT molecular complexity index is 148. The van der Waals surface area contributed by atoms with Gasteiger partial charge >= 0.3 is 0 Å². The molecule has 2 unspecified atom stereocenters. The predicted octanol–water partition coefficient (Wildman–Crippen LogP) is 3.20. The first kappa shape index (κ1) is 15.9. The summed E-state index contributed by atoms with van der Waals surface area (Å²) < 4.78 is 0. The molecule has 0 saturated heterocycles. The normalized spacial score (nSPS) is 26.6. The topological polar surface area (TPSA) is 32.3 Å². The predicted molar refractivity (Wildman–Crippen MR) is 71.6 cm³/mol. The fraction of sp³-hybridized carbons (Fsp3) is 1.00. The molecule has 16 heavy (non-hydrogen) atoms. The van der Waals surface area contributed by atoms with Gasteiger partial charge in [0.2, 0.25) is 0 Å². The highest BCUT2D eigenvalue weighted by Crippen LogP contribution is 2.28. The molecule has 1 fully saturated rings. The summed E-state index contributed by atoms with van der Waals surface area (Å²) in [5.74, 6) is 1.75. The van der Waals surface area contributed by atoms with Crippen molar-refractivity contribution in [1.29, 1.82) is 0 Å². The molecule has 1 aliphatic carbocycles. The SMILES string of the molecule is CCO.CNC1CCCCCCC1C(C)C. The lowest BCUT2D eigenvalue weighted by atomic mass is 9.80. The molecule has 0 amide bonds. The van der Waals surface area contributed by atoms with Gasteiger partial charge < -0.3 is 10.4 Å². The van der Waals surface area contributed by atoms with Crippen LogP contribution in [0.2, 0.25) is 0 Å². The Balaban J connectivity index is 0.000000673. The Morgan fingerprint density at radius 1 is 1.12 bits per heavy atom. The molecule has 1 saturated carbocycles. The van der Waals surface area contributed by atoms with Gasteiger partial charge in [-0.3, -0.25) is 0 Å². The van der Waals surface area contributed by atoms with Crippen molar-refractivity contribution < 1.29 is 5.11 Å². The van der Waals surface area contributed by atoms with Crippen molar-refractivity contribution in [3.8, 4) is 0 Å². The molecule has 0 spiro atoms. The van der Waals surface area contributed by atoms with Crippen molar-refractivity contribution in [1.82, 2.24) is 5.32 Å². The van der Waals surface area contributed by atoms with Crippen LogP contribution in [0.5, 0.6) is 0 Å². The summed E-state index contributed by atoms with van der Waals surface area (Å²) in [4.78, 5) is 0. The molecule has 98 valence electrons. The van der Waals surface area contributed by atoms with E-state index in [1.165, 1.54) is 38.5 Å². The average Bonchev–Trinajstić information content (AvgIpc) is 2.18. The van der Waals surface area contributed by atoms with Crippen LogP contribution in [0.3, 0.4) is 0 Å². The molecule has 1 rings (SSSR count). The Hall–Kier alpha value is -0.0800. The van der Waals surface area contributed by atoms with Crippen molar-refractivity contribution >= 4 is 0 Å². The molecule has 2 heteroatoms. The van der Waals surface area contributed by atoms with Gasteiger partial charge in [-0.15, -0.1) is 0 Å². The first-order valence-corrected chi connectivity index (χ1v) is 6.95. The molecule has 2 N–H and O–H groups in total. The van der Waals surface area contributed by atoms with Crippen LogP contribution in [0.4, 0.5) is 0 Å². The molecular weight excluding hydrogens is 198 g/mol. The van der Waals surface area contributed by atoms with Gasteiger partial charge in [0.1, 0.15) is 0 Å². The van der Waals surface area contributed by atoms with Crippen molar-refractivity contribution in [3.05, 3.63) is 0 Å². The second-order valence-corrected chi connectivity index (χ2v) is 5.11. The summed E-state index contributed by atoms with van der Waals surface area (Å²) in [5.41, 5.74) is 0. The van der Waals surface area contributed by atoms with E-state index < -0.39 is 0 Å². The molecule has 0 radical (unpaired) electrons. The molecule has 0 aliphatic heterocycles. The fourth-order valence-electron chi connectivity index (χ4n) is 2.67. The van der Waals surface area contributed by atoms with Gasteiger partial charge in [-0.05, 0) is 38.6 Å².